The Labute approximate surface area is 238 Å². The lowest BCUT2D eigenvalue weighted by atomic mass is 9.71. The standard InChI is InChI=1S/C33H46O7/c1-19(2)29-22(5)12-13-32(40-29)17-26-16-25(39-32)11-10-21(4)14-20(3)8-7-9-24-18-37-30-28(34)23(6)15-27(31(35)38-26)33(24,30)36/h7-10,15,19-20,22,25-27,29-30,36H,11-14,16-18H2,1-6H3/b8-7+,21-10+,24-9+/t20-,22-,25+,26-,27-,29+,30+,32+,33+/m0/s1. The van der Waals surface area contributed by atoms with E-state index in [9.17, 15) is 14.7 Å². The van der Waals surface area contributed by atoms with Crippen molar-refractivity contribution in [1.82, 2.24) is 0 Å². The molecule has 5 rings (SSSR count). The van der Waals surface area contributed by atoms with E-state index < -0.39 is 35.5 Å². The number of rotatable bonds is 1. The molecular formula is C33H46O7. The summed E-state index contributed by atoms with van der Waals surface area (Å²) in [5.74, 6) is -1.66. The second-order valence-electron chi connectivity index (χ2n) is 13.2. The van der Waals surface area contributed by atoms with E-state index in [2.05, 4.69) is 46.8 Å². The molecule has 40 heavy (non-hydrogen) atoms. The first-order valence-corrected chi connectivity index (χ1v) is 15.1. The number of Topliss-reactive ketones (excluding diaryl/α,β-unsaturated/α-hetero) is 1. The monoisotopic (exact) mass is 554 g/mol. The Balaban J connectivity index is 1.52. The van der Waals surface area contributed by atoms with Crippen LogP contribution in [0.3, 0.4) is 0 Å². The van der Waals surface area contributed by atoms with Crippen LogP contribution in [-0.2, 0) is 28.5 Å². The minimum atomic E-state index is -1.78. The number of ether oxygens (including phenoxy) is 4. The normalized spacial score (nSPS) is 46.1. The van der Waals surface area contributed by atoms with Crippen molar-refractivity contribution in [1.29, 1.82) is 0 Å². The highest BCUT2D eigenvalue weighted by Crippen LogP contribution is 2.47. The van der Waals surface area contributed by atoms with Crippen LogP contribution in [0.5, 0.6) is 0 Å². The van der Waals surface area contributed by atoms with Gasteiger partial charge in [-0.15, -0.1) is 0 Å². The molecule has 7 nitrogen and oxygen atoms in total. The Kier molecular flexibility index (Phi) is 8.33. The molecule has 0 aromatic heterocycles. The predicted octanol–water partition coefficient (Wildman–Crippen LogP) is 5.38. The van der Waals surface area contributed by atoms with E-state index in [-0.39, 0.29) is 30.5 Å². The van der Waals surface area contributed by atoms with Crippen LogP contribution in [-0.4, -0.2) is 59.3 Å². The highest BCUT2D eigenvalue weighted by molar-refractivity contribution is 6.03. The van der Waals surface area contributed by atoms with Gasteiger partial charge in [0, 0.05) is 19.3 Å². The van der Waals surface area contributed by atoms with E-state index in [1.165, 1.54) is 5.57 Å². The fourth-order valence-corrected chi connectivity index (χ4v) is 7.33. The fourth-order valence-electron chi connectivity index (χ4n) is 7.33. The van der Waals surface area contributed by atoms with Gasteiger partial charge >= 0.3 is 5.97 Å². The van der Waals surface area contributed by atoms with Gasteiger partial charge in [-0.2, -0.15) is 0 Å². The van der Waals surface area contributed by atoms with Gasteiger partial charge in [0.25, 0.3) is 0 Å². The minimum absolute atomic E-state index is 0.0615. The summed E-state index contributed by atoms with van der Waals surface area (Å²) in [6, 6.07) is 0. The largest absolute Gasteiger partial charge is 0.462 e. The highest BCUT2D eigenvalue weighted by Gasteiger charge is 2.60. The van der Waals surface area contributed by atoms with Crippen LogP contribution in [0, 0.1) is 23.7 Å². The molecule has 2 bridgehead atoms. The summed E-state index contributed by atoms with van der Waals surface area (Å²) >= 11 is 0. The Bertz CT molecular complexity index is 1130. The summed E-state index contributed by atoms with van der Waals surface area (Å²) < 4.78 is 25.5. The summed E-state index contributed by atoms with van der Waals surface area (Å²) in [6.45, 7) is 12.6. The molecule has 0 saturated carbocycles. The molecule has 1 N–H and O–H groups in total. The lowest BCUT2D eigenvalue weighted by Gasteiger charge is -2.50. The van der Waals surface area contributed by atoms with Gasteiger partial charge in [-0.1, -0.05) is 63.6 Å². The first kappa shape index (κ1) is 29.4. The van der Waals surface area contributed by atoms with Crippen molar-refractivity contribution in [2.45, 2.75) is 116 Å². The number of esters is 1. The fraction of sp³-hybridized carbons (Fsp3) is 0.697. The topological polar surface area (TPSA) is 91.3 Å². The molecule has 0 amide bonds. The van der Waals surface area contributed by atoms with Gasteiger partial charge in [-0.25, -0.2) is 0 Å². The average Bonchev–Trinajstić information content (AvgIpc) is 3.23. The van der Waals surface area contributed by atoms with Crippen LogP contribution in [0.2, 0.25) is 0 Å². The molecule has 0 aromatic carbocycles. The summed E-state index contributed by atoms with van der Waals surface area (Å²) in [4.78, 5) is 26.9. The van der Waals surface area contributed by atoms with E-state index in [1.807, 2.05) is 6.08 Å². The number of ketones is 1. The average molecular weight is 555 g/mol. The van der Waals surface area contributed by atoms with Crippen molar-refractivity contribution >= 4 is 11.8 Å². The Hall–Kier alpha value is -2.06. The molecule has 5 aliphatic rings. The number of allylic oxidation sites excluding steroid dienone is 4. The minimum Gasteiger partial charge on any atom is -0.462 e. The number of hydrogen-bond acceptors (Lipinski definition) is 7. The molecule has 9 atom stereocenters. The maximum absolute atomic E-state index is 13.9. The van der Waals surface area contributed by atoms with Crippen molar-refractivity contribution in [3.05, 3.63) is 47.1 Å². The molecular weight excluding hydrogens is 508 g/mol. The third-order valence-electron chi connectivity index (χ3n) is 9.48. The summed E-state index contributed by atoms with van der Waals surface area (Å²) in [5, 5.41) is 12.0. The Morgan fingerprint density at radius 2 is 1.88 bits per heavy atom. The molecule has 220 valence electrons. The second kappa shape index (κ2) is 11.3. The maximum atomic E-state index is 13.9. The first-order chi connectivity index (χ1) is 18.9. The van der Waals surface area contributed by atoms with Gasteiger partial charge in [-0.05, 0) is 62.0 Å². The van der Waals surface area contributed by atoms with Crippen molar-refractivity contribution < 1.29 is 33.6 Å². The van der Waals surface area contributed by atoms with E-state index in [0.29, 0.717) is 42.2 Å². The SMILES string of the molecule is CC1=C[C@H]2C(=O)O[C@H]3C[C@@H](C/C=C(\C)C[C@@H](C)/C=C/C=C4\CO[C@H](C1=O)[C@@]42O)O[C@@]1(CC[C@H](C)[C@@H](C(C)C)O1)C3. The third kappa shape index (κ3) is 5.55. The van der Waals surface area contributed by atoms with Crippen LogP contribution in [0.15, 0.2) is 47.1 Å². The van der Waals surface area contributed by atoms with Crippen LogP contribution >= 0.6 is 0 Å². The molecule has 4 aliphatic heterocycles. The van der Waals surface area contributed by atoms with Crippen LogP contribution < -0.4 is 0 Å². The molecule has 3 fully saturated rings. The molecule has 7 heteroatoms. The second-order valence-corrected chi connectivity index (χ2v) is 13.2. The van der Waals surface area contributed by atoms with Crippen LogP contribution in [0.25, 0.3) is 0 Å². The van der Waals surface area contributed by atoms with Gasteiger partial charge in [0.15, 0.2) is 17.7 Å². The first-order valence-electron chi connectivity index (χ1n) is 15.1. The van der Waals surface area contributed by atoms with E-state index in [1.54, 1.807) is 19.1 Å². The van der Waals surface area contributed by atoms with E-state index >= 15 is 0 Å². The van der Waals surface area contributed by atoms with Gasteiger partial charge < -0.3 is 24.1 Å². The molecule has 3 saturated heterocycles. The van der Waals surface area contributed by atoms with Gasteiger partial charge in [0.1, 0.15) is 17.6 Å². The Morgan fingerprint density at radius 3 is 2.62 bits per heavy atom. The van der Waals surface area contributed by atoms with Crippen molar-refractivity contribution in [3.63, 3.8) is 0 Å². The van der Waals surface area contributed by atoms with Gasteiger partial charge in [0.2, 0.25) is 0 Å². The summed E-state index contributed by atoms with van der Waals surface area (Å²) in [6.07, 6.45) is 12.3. The van der Waals surface area contributed by atoms with Crippen LogP contribution in [0.1, 0.15) is 80.1 Å². The van der Waals surface area contributed by atoms with Crippen molar-refractivity contribution in [3.8, 4) is 0 Å². The number of hydrogen-bond donors (Lipinski definition) is 1. The van der Waals surface area contributed by atoms with Crippen molar-refractivity contribution in [2.24, 2.45) is 23.7 Å². The zero-order valence-electron chi connectivity index (χ0n) is 24.9. The number of fused-ring (bicyclic) bond motifs is 2. The smallest absolute Gasteiger partial charge is 0.316 e. The van der Waals surface area contributed by atoms with Crippen LogP contribution in [0.4, 0.5) is 0 Å². The zero-order valence-corrected chi connectivity index (χ0v) is 24.9. The molecule has 0 unspecified atom stereocenters. The van der Waals surface area contributed by atoms with Gasteiger partial charge in [-0.3, -0.25) is 9.59 Å². The van der Waals surface area contributed by atoms with E-state index in [0.717, 1.165) is 19.3 Å². The number of aliphatic hydroxyl groups is 1. The summed E-state index contributed by atoms with van der Waals surface area (Å²) in [7, 11) is 0. The molecule has 1 spiro atoms. The lowest BCUT2D eigenvalue weighted by Crippen LogP contribution is -2.57. The molecule has 0 aromatic rings. The number of carbonyl (C=O) groups is 2. The van der Waals surface area contributed by atoms with Crippen molar-refractivity contribution in [2.75, 3.05) is 6.61 Å². The molecule has 1 aliphatic carbocycles. The third-order valence-corrected chi connectivity index (χ3v) is 9.48. The maximum Gasteiger partial charge on any atom is 0.316 e. The Morgan fingerprint density at radius 1 is 1.10 bits per heavy atom. The predicted molar refractivity (Wildman–Crippen MR) is 151 cm³/mol. The van der Waals surface area contributed by atoms with Gasteiger partial charge in [0.05, 0.1) is 18.8 Å². The molecule has 0 radical (unpaired) electrons. The lowest BCUT2D eigenvalue weighted by molar-refractivity contribution is -0.340. The number of carbonyl (C=O) groups excluding carboxylic acids is 2. The zero-order chi connectivity index (χ0) is 28.8. The highest BCUT2D eigenvalue weighted by atomic mass is 16.7. The quantitative estimate of drug-likeness (QED) is 0.344. The van der Waals surface area contributed by atoms with E-state index in [4.69, 9.17) is 18.9 Å². The summed E-state index contributed by atoms with van der Waals surface area (Å²) in [5.41, 5.74) is 0.414. The molecule has 4 heterocycles.